The normalized spacial score (nSPS) is 21.1. The number of fused-ring (bicyclic) bond motifs is 4. The predicted octanol–water partition coefficient (Wildman–Crippen LogP) is 11.8. The lowest BCUT2D eigenvalue weighted by molar-refractivity contribution is 0.223. The number of allylic oxidation sites excluding steroid dienone is 4. The largest absolute Gasteiger partial charge is 0.511 e. The maximum absolute atomic E-state index is 12.5. The van der Waals surface area contributed by atoms with Crippen LogP contribution in [0, 0.1) is 0 Å². The minimum absolute atomic E-state index is 0.159. The van der Waals surface area contributed by atoms with Crippen LogP contribution in [0.2, 0.25) is 0 Å². The fourth-order valence-corrected chi connectivity index (χ4v) is 9.71. The van der Waals surface area contributed by atoms with Crippen LogP contribution in [0.25, 0.3) is 65.9 Å². The van der Waals surface area contributed by atoms with Crippen molar-refractivity contribution in [2.45, 2.75) is 17.9 Å². The van der Waals surface area contributed by atoms with E-state index in [1.807, 2.05) is 6.08 Å². The van der Waals surface area contributed by atoms with Gasteiger partial charge in [-0.15, -0.1) is 0 Å². The van der Waals surface area contributed by atoms with Gasteiger partial charge < -0.3 is 14.2 Å². The van der Waals surface area contributed by atoms with Crippen molar-refractivity contribution in [3.63, 3.8) is 0 Å². The zero-order valence-electron chi connectivity index (χ0n) is 26.4. The lowest BCUT2D eigenvalue weighted by Gasteiger charge is -2.37. The molecule has 1 spiro atoms. The summed E-state index contributed by atoms with van der Waals surface area (Å²) in [4.78, 5) is 0. The van der Waals surface area contributed by atoms with Crippen LogP contribution >= 0.6 is 9.03 Å². The summed E-state index contributed by atoms with van der Waals surface area (Å²) >= 11 is 0. The Balaban J connectivity index is 1.27. The van der Waals surface area contributed by atoms with Crippen LogP contribution in [0.1, 0.15) is 23.1 Å². The standard InChI is InChI=1S/C45H29O3P/c46-40-24-36-34(41-30-14-5-1-10-26(30)22-27-11-2-6-15-31(27)41)20-21-39-44(36)45(40)25-37(35-18-9-19-38(43(35)45)47-49-48-39)42-32-16-7-3-12-28(32)23-29-13-4-8-17-33(29)42/h1-18,20-25,38,46,49H,19H2. The molecule has 0 bridgehead atoms. The average Bonchev–Trinajstić information content (AvgIpc) is 3.63. The third-order valence-corrected chi connectivity index (χ3v) is 11.7. The van der Waals surface area contributed by atoms with Gasteiger partial charge in [0.1, 0.15) is 11.5 Å². The molecule has 0 saturated heterocycles. The van der Waals surface area contributed by atoms with Gasteiger partial charge in [0.25, 0.3) is 0 Å². The van der Waals surface area contributed by atoms with Gasteiger partial charge >= 0.3 is 0 Å². The van der Waals surface area contributed by atoms with E-state index in [9.17, 15) is 5.11 Å². The van der Waals surface area contributed by atoms with Crippen LogP contribution in [0.3, 0.4) is 0 Å². The Morgan fingerprint density at radius 2 is 1.24 bits per heavy atom. The van der Waals surface area contributed by atoms with Gasteiger partial charge in [0.15, 0.2) is 0 Å². The van der Waals surface area contributed by atoms with Gasteiger partial charge in [-0.05, 0) is 113 Å². The Morgan fingerprint density at radius 1 is 0.673 bits per heavy atom. The molecule has 4 heteroatoms. The maximum Gasteiger partial charge on any atom is 0.215 e. The van der Waals surface area contributed by atoms with Gasteiger partial charge in [0, 0.05) is 5.56 Å². The van der Waals surface area contributed by atoms with E-state index in [0.717, 1.165) is 45.6 Å². The molecule has 7 aromatic carbocycles. The molecule has 11 rings (SSSR count). The van der Waals surface area contributed by atoms with E-state index in [0.29, 0.717) is 5.76 Å². The molecule has 3 unspecified atom stereocenters. The summed E-state index contributed by atoms with van der Waals surface area (Å²) in [6, 6.07) is 43.3. The first-order valence-electron chi connectivity index (χ1n) is 16.8. The summed E-state index contributed by atoms with van der Waals surface area (Å²) in [6.45, 7) is 0. The minimum atomic E-state index is -0.926. The highest BCUT2D eigenvalue weighted by Gasteiger charge is 2.55. The third-order valence-electron chi connectivity index (χ3n) is 11.0. The van der Waals surface area contributed by atoms with Crippen molar-refractivity contribution < 1.29 is 14.2 Å². The molecular weight excluding hydrogens is 619 g/mol. The molecule has 3 aliphatic carbocycles. The van der Waals surface area contributed by atoms with Gasteiger partial charge in [-0.2, -0.15) is 0 Å². The Labute approximate surface area is 285 Å². The lowest BCUT2D eigenvalue weighted by Crippen LogP contribution is -2.34. The van der Waals surface area contributed by atoms with Crippen molar-refractivity contribution in [3.05, 3.63) is 173 Å². The molecule has 1 aliphatic heterocycles. The molecular formula is C45H29O3P. The molecule has 0 aromatic heterocycles. The Morgan fingerprint density at radius 3 is 1.86 bits per heavy atom. The quantitative estimate of drug-likeness (QED) is 0.150. The number of rotatable bonds is 2. The van der Waals surface area contributed by atoms with E-state index in [4.69, 9.17) is 9.05 Å². The maximum atomic E-state index is 12.5. The Hall–Kier alpha value is -5.47. The monoisotopic (exact) mass is 648 g/mol. The smallest absolute Gasteiger partial charge is 0.215 e. The summed E-state index contributed by atoms with van der Waals surface area (Å²) in [5.41, 5.74) is 7.88. The van der Waals surface area contributed by atoms with E-state index in [1.165, 1.54) is 54.2 Å². The van der Waals surface area contributed by atoms with Crippen LogP contribution in [-0.4, -0.2) is 11.2 Å². The van der Waals surface area contributed by atoms with Crippen molar-refractivity contribution in [2.75, 3.05) is 0 Å². The van der Waals surface area contributed by atoms with Crippen molar-refractivity contribution in [2.24, 2.45) is 0 Å². The molecule has 1 heterocycles. The summed E-state index contributed by atoms with van der Waals surface area (Å²) in [6.07, 6.45) is 9.28. The predicted molar refractivity (Wildman–Crippen MR) is 203 cm³/mol. The highest BCUT2D eigenvalue weighted by Crippen LogP contribution is 2.63. The number of hydrogen-bond donors (Lipinski definition) is 1. The summed E-state index contributed by atoms with van der Waals surface area (Å²) < 4.78 is 13.0. The fourth-order valence-electron chi connectivity index (χ4n) is 9.07. The molecule has 49 heavy (non-hydrogen) atoms. The molecule has 7 aromatic rings. The Bertz CT molecular complexity index is 2640. The minimum Gasteiger partial charge on any atom is -0.511 e. The van der Waals surface area contributed by atoms with Crippen molar-refractivity contribution in [1.29, 1.82) is 0 Å². The van der Waals surface area contributed by atoms with Crippen molar-refractivity contribution >= 4 is 63.8 Å². The second-order valence-corrected chi connectivity index (χ2v) is 14.0. The summed E-state index contributed by atoms with van der Waals surface area (Å²) in [5, 5.41) is 22.1. The fraction of sp³-hybridized carbons (Fsp3) is 0.0667. The zero-order chi connectivity index (χ0) is 32.3. The first kappa shape index (κ1) is 27.5. The van der Waals surface area contributed by atoms with Crippen LogP contribution in [0.15, 0.2) is 156 Å². The van der Waals surface area contributed by atoms with Gasteiger partial charge in [-0.3, -0.25) is 0 Å². The third kappa shape index (κ3) is 3.64. The molecule has 0 fully saturated rings. The van der Waals surface area contributed by atoms with E-state index >= 15 is 0 Å². The molecule has 0 amide bonds. The molecule has 0 radical (unpaired) electrons. The first-order valence-corrected chi connectivity index (χ1v) is 17.6. The molecule has 4 aliphatic rings. The molecule has 1 N–H and O–H groups in total. The van der Waals surface area contributed by atoms with E-state index in [-0.39, 0.29) is 15.1 Å². The lowest BCUT2D eigenvalue weighted by atomic mass is 9.71. The highest BCUT2D eigenvalue weighted by atomic mass is 31.1. The van der Waals surface area contributed by atoms with E-state index < -0.39 is 5.41 Å². The molecule has 0 saturated carbocycles. The van der Waals surface area contributed by atoms with E-state index in [1.54, 1.807) is 0 Å². The number of benzene rings is 7. The zero-order valence-corrected chi connectivity index (χ0v) is 27.4. The summed E-state index contributed by atoms with van der Waals surface area (Å²) in [5.74, 6) is 1.06. The average molecular weight is 649 g/mol. The highest BCUT2D eigenvalue weighted by molar-refractivity contribution is 7.26. The Kier molecular flexibility index (Phi) is 5.62. The van der Waals surface area contributed by atoms with Gasteiger partial charge in [0.05, 0.1) is 11.5 Å². The topological polar surface area (TPSA) is 38.7 Å². The van der Waals surface area contributed by atoms with Gasteiger partial charge in [0.2, 0.25) is 9.03 Å². The SMILES string of the molecule is OC1=Cc2c(-c3c4ccccc4cc4ccccc34)ccc3c2C12C=C(c1c4ccccc4cc4ccccc14)C1=C2C(CC=C1)OPO3. The van der Waals surface area contributed by atoms with E-state index in [2.05, 4.69) is 140 Å². The van der Waals surface area contributed by atoms with Crippen molar-refractivity contribution in [1.82, 2.24) is 0 Å². The van der Waals surface area contributed by atoms with Gasteiger partial charge in [-0.1, -0.05) is 121 Å². The number of hydrogen-bond acceptors (Lipinski definition) is 3. The number of aliphatic hydroxyl groups excluding tert-OH is 1. The van der Waals surface area contributed by atoms with Crippen molar-refractivity contribution in [3.8, 4) is 16.9 Å². The van der Waals surface area contributed by atoms with Crippen LogP contribution in [0.4, 0.5) is 0 Å². The first-order chi connectivity index (χ1) is 24.2. The van der Waals surface area contributed by atoms with Gasteiger partial charge in [-0.25, -0.2) is 0 Å². The summed E-state index contributed by atoms with van der Waals surface area (Å²) in [7, 11) is -0.159. The second kappa shape index (κ2) is 10.0. The molecule has 232 valence electrons. The molecule has 3 nitrogen and oxygen atoms in total. The van der Waals surface area contributed by atoms with Crippen LogP contribution < -0.4 is 4.52 Å². The van der Waals surface area contributed by atoms with Crippen LogP contribution in [-0.2, 0) is 9.94 Å². The van der Waals surface area contributed by atoms with Crippen LogP contribution in [0.5, 0.6) is 5.75 Å². The second-order valence-electron chi connectivity index (χ2n) is 13.4. The number of aliphatic hydroxyl groups is 1. The molecule has 3 atom stereocenters.